The molecule has 4 heteroatoms. The zero-order chi connectivity index (χ0) is 11.2. The van der Waals surface area contributed by atoms with E-state index >= 15 is 0 Å². The van der Waals surface area contributed by atoms with Gasteiger partial charge in [0, 0.05) is 19.0 Å². The third-order valence-corrected chi connectivity index (χ3v) is 3.18. The van der Waals surface area contributed by atoms with Crippen LogP contribution in [0.2, 0.25) is 0 Å². The minimum Gasteiger partial charge on any atom is -0.444 e. The lowest BCUT2D eigenvalue weighted by Gasteiger charge is -2.34. The third kappa shape index (κ3) is 2.09. The van der Waals surface area contributed by atoms with Crippen LogP contribution in [-0.4, -0.2) is 40.9 Å². The molecule has 0 radical (unpaired) electrons. The van der Waals surface area contributed by atoms with Gasteiger partial charge in [-0.15, -0.1) is 0 Å². The number of amides is 1. The highest BCUT2D eigenvalue weighted by Crippen LogP contribution is 2.41. The van der Waals surface area contributed by atoms with Crippen LogP contribution in [0.25, 0.3) is 0 Å². The van der Waals surface area contributed by atoms with E-state index in [1.54, 1.807) is 4.90 Å². The first-order valence-electron chi connectivity index (χ1n) is 5.53. The molecule has 15 heavy (non-hydrogen) atoms. The highest BCUT2D eigenvalue weighted by molar-refractivity contribution is 5.68. The molecule has 3 atom stereocenters. The summed E-state index contributed by atoms with van der Waals surface area (Å²) in [6.07, 6.45) is 0.385. The Morgan fingerprint density at radius 2 is 2.07 bits per heavy atom. The van der Waals surface area contributed by atoms with Crippen LogP contribution in [0.5, 0.6) is 0 Å². The maximum atomic E-state index is 11.7. The number of rotatable bonds is 0. The van der Waals surface area contributed by atoms with Gasteiger partial charge in [-0.1, -0.05) is 0 Å². The highest BCUT2D eigenvalue weighted by Gasteiger charge is 2.48. The first-order chi connectivity index (χ1) is 6.87. The van der Waals surface area contributed by atoms with Crippen LogP contribution in [0.4, 0.5) is 4.79 Å². The average molecular weight is 213 g/mol. The standard InChI is InChI=1S/C11H19NO3/c1-11(2,3)15-10(14)12-5-7-4-9(13)8(7)6-12/h7-9,13H,4-6H2,1-3H3/t7-,8-,9+/m1/s1. The smallest absolute Gasteiger partial charge is 0.410 e. The summed E-state index contributed by atoms with van der Waals surface area (Å²) in [6.45, 7) is 7.00. The molecule has 1 saturated heterocycles. The summed E-state index contributed by atoms with van der Waals surface area (Å²) in [5.41, 5.74) is -0.433. The third-order valence-electron chi connectivity index (χ3n) is 3.18. The Hall–Kier alpha value is -0.770. The molecule has 2 fully saturated rings. The van der Waals surface area contributed by atoms with Crippen molar-refractivity contribution in [1.29, 1.82) is 0 Å². The Morgan fingerprint density at radius 3 is 2.53 bits per heavy atom. The van der Waals surface area contributed by atoms with Gasteiger partial charge in [-0.3, -0.25) is 0 Å². The number of hydrogen-bond donors (Lipinski definition) is 1. The zero-order valence-corrected chi connectivity index (χ0v) is 9.56. The summed E-state index contributed by atoms with van der Waals surface area (Å²) in [5.74, 6) is 0.782. The van der Waals surface area contributed by atoms with Gasteiger partial charge in [0.15, 0.2) is 0 Å². The van der Waals surface area contributed by atoms with Gasteiger partial charge in [0.1, 0.15) is 5.60 Å². The van der Waals surface area contributed by atoms with Crippen LogP contribution < -0.4 is 0 Å². The number of aliphatic hydroxyl groups excluding tert-OH is 1. The predicted octanol–water partition coefficient (Wildman–Crippen LogP) is 1.23. The Balaban J connectivity index is 1.88. The van der Waals surface area contributed by atoms with Crippen molar-refractivity contribution >= 4 is 6.09 Å². The zero-order valence-electron chi connectivity index (χ0n) is 9.56. The predicted molar refractivity (Wildman–Crippen MR) is 55.4 cm³/mol. The number of carbonyl (C=O) groups excluding carboxylic acids is 1. The molecule has 0 aromatic carbocycles. The molecule has 1 N–H and O–H groups in total. The van der Waals surface area contributed by atoms with E-state index in [-0.39, 0.29) is 18.1 Å². The van der Waals surface area contributed by atoms with Gasteiger partial charge in [-0.25, -0.2) is 4.79 Å². The van der Waals surface area contributed by atoms with E-state index in [0.29, 0.717) is 12.5 Å². The van der Waals surface area contributed by atoms with Gasteiger partial charge in [0.05, 0.1) is 6.10 Å². The lowest BCUT2D eigenvalue weighted by Crippen LogP contribution is -2.40. The molecule has 1 aliphatic carbocycles. The second-order valence-corrected chi connectivity index (χ2v) is 5.61. The molecule has 2 rings (SSSR count). The first kappa shape index (κ1) is 10.7. The van der Waals surface area contributed by atoms with Crippen LogP contribution in [-0.2, 0) is 4.74 Å². The normalized spacial score (nSPS) is 34.7. The van der Waals surface area contributed by atoms with E-state index in [1.165, 1.54) is 0 Å². The Bertz CT molecular complexity index is 271. The largest absolute Gasteiger partial charge is 0.444 e. The van der Waals surface area contributed by atoms with Gasteiger partial charge >= 0.3 is 6.09 Å². The van der Waals surface area contributed by atoms with Crippen molar-refractivity contribution in [2.75, 3.05) is 13.1 Å². The van der Waals surface area contributed by atoms with Crippen molar-refractivity contribution < 1.29 is 14.6 Å². The maximum Gasteiger partial charge on any atom is 0.410 e. The second-order valence-electron chi connectivity index (χ2n) is 5.61. The highest BCUT2D eigenvalue weighted by atomic mass is 16.6. The fourth-order valence-electron chi connectivity index (χ4n) is 2.35. The lowest BCUT2D eigenvalue weighted by molar-refractivity contribution is -0.00455. The molecule has 1 heterocycles. The molecule has 0 unspecified atom stereocenters. The SMILES string of the molecule is CC(C)(C)OC(=O)N1C[C@H]2C[C@H](O)[C@@H]2C1. The van der Waals surface area contributed by atoms with E-state index in [2.05, 4.69) is 0 Å². The molecule has 0 bridgehead atoms. The summed E-state index contributed by atoms with van der Waals surface area (Å²) in [4.78, 5) is 13.4. The van der Waals surface area contributed by atoms with Crippen molar-refractivity contribution in [3.63, 3.8) is 0 Å². The number of fused-ring (bicyclic) bond motifs is 1. The van der Waals surface area contributed by atoms with E-state index < -0.39 is 5.60 Å². The first-order valence-corrected chi connectivity index (χ1v) is 5.53. The van der Waals surface area contributed by atoms with Gasteiger partial charge in [-0.2, -0.15) is 0 Å². The Kier molecular flexibility index (Phi) is 2.41. The number of aliphatic hydroxyl groups is 1. The maximum absolute atomic E-state index is 11.7. The van der Waals surface area contributed by atoms with Crippen LogP contribution in [0.15, 0.2) is 0 Å². The van der Waals surface area contributed by atoms with E-state index in [0.717, 1.165) is 13.0 Å². The molecule has 0 aromatic heterocycles. The fourth-order valence-corrected chi connectivity index (χ4v) is 2.35. The van der Waals surface area contributed by atoms with Gasteiger partial charge < -0.3 is 14.7 Å². The fraction of sp³-hybridized carbons (Fsp3) is 0.909. The van der Waals surface area contributed by atoms with Crippen molar-refractivity contribution in [1.82, 2.24) is 4.90 Å². The van der Waals surface area contributed by atoms with Gasteiger partial charge in [0.2, 0.25) is 0 Å². The van der Waals surface area contributed by atoms with Crippen molar-refractivity contribution in [2.45, 2.75) is 38.9 Å². The molecular weight excluding hydrogens is 194 g/mol. The van der Waals surface area contributed by atoms with E-state index in [1.807, 2.05) is 20.8 Å². The molecule has 1 saturated carbocycles. The number of hydrogen-bond acceptors (Lipinski definition) is 3. The summed E-state index contributed by atoms with van der Waals surface area (Å²) in [6, 6.07) is 0. The van der Waals surface area contributed by atoms with Crippen LogP contribution in [0.3, 0.4) is 0 Å². The molecule has 0 aromatic rings. The molecular formula is C11H19NO3. The number of likely N-dealkylation sites (tertiary alicyclic amines) is 1. The quantitative estimate of drug-likeness (QED) is 0.658. The van der Waals surface area contributed by atoms with Crippen LogP contribution >= 0.6 is 0 Å². The summed E-state index contributed by atoms with van der Waals surface area (Å²) >= 11 is 0. The Morgan fingerprint density at radius 1 is 1.40 bits per heavy atom. The van der Waals surface area contributed by atoms with Gasteiger partial charge in [-0.05, 0) is 33.1 Å². The average Bonchev–Trinajstić information content (AvgIpc) is 2.39. The number of ether oxygens (including phenoxy) is 1. The van der Waals surface area contributed by atoms with Crippen molar-refractivity contribution in [2.24, 2.45) is 11.8 Å². The van der Waals surface area contributed by atoms with Crippen molar-refractivity contribution in [3.05, 3.63) is 0 Å². The van der Waals surface area contributed by atoms with Gasteiger partial charge in [0.25, 0.3) is 0 Å². The van der Waals surface area contributed by atoms with E-state index in [9.17, 15) is 9.90 Å². The monoisotopic (exact) mass is 213 g/mol. The minimum atomic E-state index is -0.433. The second kappa shape index (κ2) is 3.37. The molecule has 0 spiro atoms. The van der Waals surface area contributed by atoms with Crippen LogP contribution in [0.1, 0.15) is 27.2 Å². The van der Waals surface area contributed by atoms with Crippen LogP contribution in [0, 0.1) is 11.8 Å². The van der Waals surface area contributed by atoms with E-state index in [4.69, 9.17) is 4.74 Å². The summed E-state index contributed by atoms with van der Waals surface area (Å²) in [5, 5.41) is 9.47. The molecule has 2 aliphatic rings. The molecule has 1 aliphatic heterocycles. The summed E-state index contributed by atoms with van der Waals surface area (Å²) in [7, 11) is 0. The number of carbonyl (C=O) groups is 1. The topological polar surface area (TPSA) is 49.8 Å². The van der Waals surface area contributed by atoms with Crippen molar-refractivity contribution in [3.8, 4) is 0 Å². The summed E-state index contributed by atoms with van der Waals surface area (Å²) < 4.78 is 5.29. The Labute approximate surface area is 90.2 Å². The minimum absolute atomic E-state index is 0.206. The molecule has 1 amide bonds. The molecule has 4 nitrogen and oxygen atoms in total. The number of nitrogens with zero attached hydrogens (tertiary/aromatic N) is 1. The molecule has 86 valence electrons. The lowest BCUT2D eigenvalue weighted by atomic mass is 9.74.